The molecule has 3 atom stereocenters. The lowest BCUT2D eigenvalue weighted by Gasteiger charge is -2.23. The van der Waals surface area contributed by atoms with Crippen LogP contribution in [0.25, 0.3) is 0 Å². The molecule has 3 unspecified atom stereocenters. The quantitative estimate of drug-likeness (QED) is 0.910. The maximum atomic E-state index is 12.7. The van der Waals surface area contributed by atoms with Crippen LogP contribution in [0.1, 0.15) is 18.5 Å². The Balaban J connectivity index is 2.22. The fraction of sp³-hybridized carbons (Fsp3) is 0.250. The van der Waals surface area contributed by atoms with Crippen molar-refractivity contribution in [3.8, 4) is 0 Å². The SMILES string of the molecule is CNC(c1ccccc1)C(C)S(=O)c1ccc(Cl)cc1. The highest BCUT2D eigenvalue weighted by atomic mass is 35.5. The summed E-state index contributed by atoms with van der Waals surface area (Å²) in [4.78, 5) is 0.804. The maximum Gasteiger partial charge on any atom is 0.0577 e. The summed E-state index contributed by atoms with van der Waals surface area (Å²) in [5.41, 5.74) is 1.14. The molecule has 0 saturated heterocycles. The van der Waals surface area contributed by atoms with Crippen molar-refractivity contribution in [3.05, 3.63) is 65.2 Å². The molecule has 1 N–H and O–H groups in total. The lowest BCUT2D eigenvalue weighted by Crippen LogP contribution is -2.30. The van der Waals surface area contributed by atoms with E-state index in [1.165, 1.54) is 0 Å². The molecule has 2 nitrogen and oxygen atoms in total. The smallest absolute Gasteiger partial charge is 0.0577 e. The van der Waals surface area contributed by atoms with Crippen LogP contribution < -0.4 is 5.32 Å². The third-order valence-corrected chi connectivity index (χ3v) is 5.26. The summed E-state index contributed by atoms with van der Waals surface area (Å²) in [6.07, 6.45) is 0. The van der Waals surface area contributed by atoms with E-state index >= 15 is 0 Å². The van der Waals surface area contributed by atoms with E-state index in [0.29, 0.717) is 5.02 Å². The van der Waals surface area contributed by atoms with Gasteiger partial charge in [0.1, 0.15) is 0 Å². The van der Waals surface area contributed by atoms with E-state index in [9.17, 15) is 4.21 Å². The number of nitrogens with one attached hydrogen (secondary N) is 1. The van der Waals surface area contributed by atoms with Crippen molar-refractivity contribution in [2.45, 2.75) is 23.1 Å². The van der Waals surface area contributed by atoms with Crippen LogP contribution in [-0.4, -0.2) is 16.5 Å². The third-order valence-electron chi connectivity index (χ3n) is 3.32. The van der Waals surface area contributed by atoms with Crippen molar-refractivity contribution < 1.29 is 4.21 Å². The van der Waals surface area contributed by atoms with Crippen LogP contribution in [-0.2, 0) is 10.8 Å². The fourth-order valence-corrected chi connectivity index (χ4v) is 3.74. The van der Waals surface area contributed by atoms with Crippen molar-refractivity contribution in [2.24, 2.45) is 0 Å². The molecule has 0 spiro atoms. The number of rotatable bonds is 5. The molecule has 0 amide bonds. The zero-order valence-corrected chi connectivity index (χ0v) is 13.1. The van der Waals surface area contributed by atoms with Crippen LogP contribution in [0.3, 0.4) is 0 Å². The fourth-order valence-electron chi connectivity index (χ4n) is 2.24. The molecule has 0 fully saturated rings. The van der Waals surface area contributed by atoms with Gasteiger partial charge in [-0.25, -0.2) is 0 Å². The third kappa shape index (κ3) is 3.48. The largest absolute Gasteiger partial charge is 0.312 e. The number of halogens is 1. The van der Waals surface area contributed by atoms with Crippen LogP contribution in [0.4, 0.5) is 0 Å². The summed E-state index contributed by atoms with van der Waals surface area (Å²) >= 11 is 5.87. The van der Waals surface area contributed by atoms with Crippen LogP contribution >= 0.6 is 11.6 Å². The average molecular weight is 308 g/mol. The van der Waals surface area contributed by atoms with Gasteiger partial charge < -0.3 is 5.32 Å². The Morgan fingerprint density at radius 3 is 2.20 bits per heavy atom. The summed E-state index contributed by atoms with van der Waals surface area (Å²) in [5, 5.41) is 3.88. The molecule has 20 heavy (non-hydrogen) atoms. The topological polar surface area (TPSA) is 29.1 Å². The zero-order valence-electron chi connectivity index (χ0n) is 11.5. The van der Waals surface area contributed by atoms with Gasteiger partial charge in [-0.05, 0) is 43.8 Å². The minimum absolute atomic E-state index is 0.0384. The molecule has 106 valence electrons. The van der Waals surface area contributed by atoms with Gasteiger partial charge in [-0.15, -0.1) is 0 Å². The molecule has 0 bridgehead atoms. The Kier molecular flexibility index (Phi) is 5.35. The van der Waals surface area contributed by atoms with E-state index in [4.69, 9.17) is 11.6 Å². The highest BCUT2D eigenvalue weighted by molar-refractivity contribution is 7.85. The molecule has 2 rings (SSSR count). The average Bonchev–Trinajstić information content (AvgIpc) is 2.49. The Hall–Kier alpha value is -1.16. The van der Waals surface area contributed by atoms with Gasteiger partial charge in [-0.3, -0.25) is 4.21 Å². The first-order valence-corrected chi connectivity index (χ1v) is 8.11. The minimum Gasteiger partial charge on any atom is -0.312 e. The predicted molar refractivity (Wildman–Crippen MR) is 85.6 cm³/mol. The van der Waals surface area contributed by atoms with E-state index in [-0.39, 0.29) is 11.3 Å². The van der Waals surface area contributed by atoms with E-state index < -0.39 is 10.8 Å². The van der Waals surface area contributed by atoms with Crippen molar-refractivity contribution in [1.82, 2.24) is 5.32 Å². The second-order valence-electron chi connectivity index (χ2n) is 4.63. The summed E-state index contributed by atoms with van der Waals surface area (Å²) in [6, 6.07) is 17.3. The molecule has 0 aromatic heterocycles. The number of hydrogen-bond acceptors (Lipinski definition) is 2. The molecule has 2 aromatic carbocycles. The van der Waals surface area contributed by atoms with Gasteiger partial charge in [-0.2, -0.15) is 0 Å². The molecule has 0 heterocycles. The highest BCUT2D eigenvalue weighted by Crippen LogP contribution is 2.24. The minimum atomic E-state index is -1.09. The van der Waals surface area contributed by atoms with Gasteiger partial charge in [0.05, 0.1) is 16.0 Å². The molecule has 0 aliphatic heterocycles. The number of hydrogen-bond donors (Lipinski definition) is 1. The van der Waals surface area contributed by atoms with Crippen molar-refractivity contribution in [2.75, 3.05) is 7.05 Å². The number of benzene rings is 2. The first-order chi connectivity index (χ1) is 9.63. The first-order valence-electron chi connectivity index (χ1n) is 6.52. The van der Waals surface area contributed by atoms with Crippen LogP contribution in [0.15, 0.2) is 59.5 Å². The molecular formula is C16H18ClNOS. The van der Waals surface area contributed by atoms with Crippen molar-refractivity contribution in [3.63, 3.8) is 0 Å². The molecular weight excluding hydrogens is 290 g/mol. The second kappa shape index (κ2) is 7.02. The predicted octanol–water partition coefficient (Wildman–Crippen LogP) is 3.80. The summed E-state index contributed by atoms with van der Waals surface area (Å²) in [5.74, 6) is 0. The van der Waals surface area contributed by atoms with E-state index in [1.54, 1.807) is 12.1 Å². The molecule has 0 saturated carbocycles. The van der Waals surface area contributed by atoms with Gasteiger partial charge >= 0.3 is 0 Å². The van der Waals surface area contributed by atoms with Gasteiger partial charge in [0.2, 0.25) is 0 Å². The first kappa shape index (κ1) is 15.2. The van der Waals surface area contributed by atoms with Crippen molar-refractivity contribution >= 4 is 22.4 Å². The Bertz CT molecular complexity index is 571. The van der Waals surface area contributed by atoms with Gasteiger partial charge in [-0.1, -0.05) is 41.9 Å². The molecule has 4 heteroatoms. The van der Waals surface area contributed by atoms with E-state index in [2.05, 4.69) is 17.4 Å². The zero-order chi connectivity index (χ0) is 14.5. The van der Waals surface area contributed by atoms with Crippen molar-refractivity contribution in [1.29, 1.82) is 0 Å². The summed E-state index contributed by atoms with van der Waals surface area (Å²) in [7, 11) is 0.808. The summed E-state index contributed by atoms with van der Waals surface area (Å²) < 4.78 is 12.7. The second-order valence-corrected chi connectivity index (χ2v) is 6.88. The monoisotopic (exact) mass is 307 g/mol. The Morgan fingerprint density at radius 1 is 1.05 bits per heavy atom. The standard InChI is InChI=1S/C16H18ClNOS/c1-12(16(18-2)13-6-4-3-5-7-13)20(19)15-10-8-14(17)9-11-15/h3-12,16,18H,1-2H3. The van der Waals surface area contributed by atoms with Gasteiger partial charge in [0.25, 0.3) is 0 Å². The normalized spacial score (nSPS) is 15.6. The Labute approximate surface area is 127 Å². The molecule has 2 aromatic rings. The van der Waals surface area contributed by atoms with Crippen LogP contribution in [0.2, 0.25) is 5.02 Å². The van der Waals surface area contributed by atoms with E-state index in [0.717, 1.165) is 10.5 Å². The highest BCUT2D eigenvalue weighted by Gasteiger charge is 2.23. The van der Waals surface area contributed by atoms with Gasteiger partial charge in [0.15, 0.2) is 0 Å². The maximum absolute atomic E-state index is 12.7. The molecule has 0 aliphatic carbocycles. The summed E-state index contributed by atoms with van der Waals surface area (Å²) in [6.45, 7) is 2.00. The Morgan fingerprint density at radius 2 is 1.65 bits per heavy atom. The van der Waals surface area contributed by atoms with Gasteiger partial charge in [0, 0.05) is 16.0 Å². The lowest BCUT2D eigenvalue weighted by molar-refractivity contribution is 0.570. The molecule has 0 radical (unpaired) electrons. The van der Waals surface area contributed by atoms with E-state index in [1.807, 2.05) is 44.3 Å². The lowest BCUT2D eigenvalue weighted by atomic mass is 10.0. The van der Waals surface area contributed by atoms with Crippen LogP contribution in [0, 0.1) is 0 Å². The van der Waals surface area contributed by atoms with Crippen LogP contribution in [0.5, 0.6) is 0 Å². The molecule has 0 aliphatic rings.